The third-order valence-corrected chi connectivity index (χ3v) is 2.49. The standard InChI is InChI=1S/C9H6BrClN2/c10-7-3-1-2-6-5-12-9(11)13-8(6)4-7/h1-3,5H,4H2. The Labute approximate surface area is 89.5 Å². The summed E-state index contributed by atoms with van der Waals surface area (Å²) < 4.78 is 1.09. The molecule has 1 aliphatic rings. The average Bonchev–Trinajstić information content (AvgIpc) is 2.25. The molecule has 2 rings (SSSR count). The molecule has 0 spiro atoms. The Balaban J connectivity index is 2.51. The summed E-state index contributed by atoms with van der Waals surface area (Å²) in [6.45, 7) is 0. The lowest BCUT2D eigenvalue weighted by Gasteiger charge is -2.01. The van der Waals surface area contributed by atoms with Crippen LogP contribution in [0.2, 0.25) is 5.28 Å². The molecule has 0 fully saturated rings. The molecule has 2 nitrogen and oxygen atoms in total. The number of allylic oxidation sites excluding steroid dienone is 3. The Bertz CT molecular complexity index is 399. The summed E-state index contributed by atoms with van der Waals surface area (Å²) in [6, 6.07) is 0. The van der Waals surface area contributed by atoms with E-state index in [4.69, 9.17) is 11.6 Å². The van der Waals surface area contributed by atoms with Crippen LogP contribution in [-0.4, -0.2) is 9.97 Å². The van der Waals surface area contributed by atoms with E-state index in [1.54, 1.807) is 6.20 Å². The number of nitrogens with zero attached hydrogens (tertiary/aromatic N) is 2. The first-order valence-corrected chi connectivity index (χ1v) is 4.97. The third-order valence-electron chi connectivity index (χ3n) is 1.76. The Morgan fingerprint density at radius 3 is 3.15 bits per heavy atom. The minimum absolute atomic E-state index is 0.300. The van der Waals surface area contributed by atoms with E-state index in [9.17, 15) is 0 Å². The van der Waals surface area contributed by atoms with E-state index in [0.717, 1.165) is 22.2 Å². The van der Waals surface area contributed by atoms with Crippen molar-refractivity contribution in [1.82, 2.24) is 9.97 Å². The van der Waals surface area contributed by atoms with Gasteiger partial charge in [-0.25, -0.2) is 9.97 Å². The monoisotopic (exact) mass is 256 g/mol. The number of hydrogen-bond acceptors (Lipinski definition) is 2. The molecule has 1 aliphatic carbocycles. The smallest absolute Gasteiger partial charge is 0.222 e. The molecule has 4 heteroatoms. The van der Waals surface area contributed by atoms with Crippen LogP contribution < -0.4 is 0 Å². The largest absolute Gasteiger partial charge is 0.226 e. The van der Waals surface area contributed by atoms with Gasteiger partial charge >= 0.3 is 0 Å². The van der Waals surface area contributed by atoms with E-state index in [0.29, 0.717) is 5.28 Å². The molecule has 13 heavy (non-hydrogen) atoms. The molecule has 0 saturated carbocycles. The fourth-order valence-electron chi connectivity index (χ4n) is 1.16. The van der Waals surface area contributed by atoms with Crippen molar-refractivity contribution in [3.63, 3.8) is 0 Å². The van der Waals surface area contributed by atoms with Gasteiger partial charge in [-0.3, -0.25) is 0 Å². The molecule has 0 unspecified atom stereocenters. The van der Waals surface area contributed by atoms with Crippen molar-refractivity contribution in [1.29, 1.82) is 0 Å². The minimum Gasteiger partial charge on any atom is -0.226 e. The molecule has 0 N–H and O–H groups in total. The van der Waals surface area contributed by atoms with Gasteiger partial charge in [0.15, 0.2) is 0 Å². The Kier molecular flexibility index (Phi) is 2.47. The fourth-order valence-corrected chi connectivity index (χ4v) is 1.73. The van der Waals surface area contributed by atoms with Crippen LogP contribution >= 0.6 is 27.5 Å². The van der Waals surface area contributed by atoms with Gasteiger partial charge in [0.05, 0.1) is 5.69 Å². The van der Waals surface area contributed by atoms with Crippen LogP contribution in [0.4, 0.5) is 0 Å². The summed E-state index contributed by atoms with van der Waals surface area (Å²) in [7, 11) is 0. The lowest BCUT2D eigenvalue weighted by molar-refractivity contribution is 1.04. The highest BCUT2D eigenvalue weighted by Crippen LogP contribution is 2.20. The first-order valence-electron chi connectivity index (χ1n) is 3.80. The van der Waals surface area contributed by atoms with Crippen molar-refractivity contribution in [2.24, 2.45) is 0 Å². The summed E-state index contributed by atoms with van der Waals surface area (Å²) in [5.41, 5.74) is 1.98. The fraction of sp³-hybridized carbons (Fsp3) is 0.111. The highest BCUT2D eigenvalue weighted by molar-refractivity contribution is 9.11. The topological polar surface area (TPSA) is 25.8 Å². The molecular formula is C9H6BrClN2. The summed E-state index contributed by atoms with van der Waals surface area (Å²) in [5, 5.41) is 0.300. The van der Waals surface area contributed by atoms with Crippen LogP contribution in [-0.2, 0) is 6.42 Å². The molecule has 0 aliphatic heterocycles. The molecular weight excluding hydrogens is 251 g/mol. The predicted octanol–water partition coefficient (Wildman–Crippen LogP) is 2.98. The van der Waals surface area contributed by atoms with Crippen molar-refractivity contribution in [3.05, 3.63) is 39.4 Å². The Morgan fingerprint density at radius 1 is 1.46 bits per heavy atom. The summed E-state index contributed by atoms with van der Waals surface area (Å²) in [5.74, 6) is 0. The molecule has 0 aromatic carbocycles. The molecule has 1 heterocycles. The molecule has 0 radical (unpaired) electrons. The summed E-state index contributed by atoms with van der Waals surface area (Å²) >= 11 is 9.14. The molecule has 1 aromatic rings. The highest BCUT2D eigenvalue weighted by Gasteiger charge is 2.07. The Morgan fingerprint density at radius 2 is 2.31 bits per heavy atom. The second-order valence-electron chi connectivity index (χ2n) is 2.69. The quantitative estimate of drug-likeness (QED) is 0.668. The normalized spacial score (nSPS) is 14.8. The van der Waals surface area contributed by atoms with Gasteiger partial charge in [-0.15, -0.1) is 0 Å². The van der Waals surface area contributed by atoms with Crippen LogP contribution in [0.25, 0.3) is 6.08 Å². The van der Waals surface area contributed by atoms with Crippen LogP contribution in [0.5, 0.6) is 0 Å². The highest BCUT2D eigenvalue weighted by atomic mass is 79.9. The number of hydrogen-bond donors (Lipinski definition) is 0. The van der Waals surface area contributed by atoms with E-state index >= 15 is 0 Å². The first-order chi connectivity index (χ1) is 6.25. The van der Waals surface area contributed by atoms with Crippen molar-refractivity contribution in [3.8, 4) is 0 Å². The summed E-state index contributed by atoms with van der Waals surface area (Å²) in [6.07, 6.45) is 8.44. The van der Waals surface area contributed by atoms with E-state index in [1.807, 2.05) is 18.2 Å². The van der Waals surface area contributed by atoms with Crippen molar-refractivity contribution in [2.45, 2.75) is 6.42 Å². The van der Waals surface area contributed by atoms with Crippen molar-refractivity contribution in [2.75, 3.05) is 0 Å². The first kappa shape index (κ1) is 8.91. The molecule has 1 aromatic heterocycles. The maximum Gasteiger partial charge on any atom is 0.222 e. The van der Waals surface area contributed by atoms with Crippen molar-refractivity contribution < 1.29 is 0 Å². The average molecular weight is 258 g/mol. The van der Waals surface area contributed by atoms with E-state index in [1.165, 1.54) is 0 Å². The van der Waals surface area contributed by atoms with Gasteiger partial charge in [0.1, 0.15) is 0 Å². The van der Waals surface area contributed by atoms with E-state index < -0.39 is 0 Å². The van der Waals surface area contributed by atoms with Gasteiger partial charge in [0, 0.05) is 22.7 Å². The zero-order chi connectivity index (χ0) is 9.26. The molecule has 66 valence electrons. The van der Waals surface area contributed by atoms with Gasteiger partial charge in [0.2, 0.25) is 5.28 Å². The van der Waals surface area contributed by atoms with Gasteiger partial charge in [-0.05, 0) is 11.6 Å². The van der Waals surface area contributed by atoms with Crippen LogP contribution in [0.1, 0.15) is 11.3 Å². The number of halogens is 2. The zero-order valence-electron chi connectivity index (χ0n) is 6.67. The van der Waals surface area contributed by atoms with E-state index in [-0.39, 0.29) is 0 Å². The van der Waals surface area contributed by atoms with Gasteiger partial charge in [-0.2, -0.15) is 0 Å². The lowest BCUT2D eigenvalue weighted by Crippen LogP contribution is -1.95. The maximum absolute atomic E-state index is 5.70. The van der Waals surface area contributed by atoms with Crippen LogP contribution in [0.3, 0.4) is 0 Å². The molecule has 0 saturated heterocycles. The zero-order valence-corrected chi connectivity index (χ0v) is 9.01. The van der Waals surface area contributed by atoms with Gasteiger partial charge < -0.3 is 0 Å². The minimum atomic E-state index is 0.300. The maximum atomic E-state index is 5.70. The number of rotatable bonds is 0. The predicted molar refractivity (Wildman–Crippen MR) is 56.8 cm³/mol. The third kappa shape index (κ3) is 1.98. The van der Waals surface area contributed by atoms with Gasteiger partial charge in [0.25, 0.3) is 0 Å². The molecule has 0 bridgehead atoms. The van der Waals surface area contributed by atoms with Crippen LogP contribution in [0, 0.1) is 0 Å². The van der Waals surface area contributed by atoms with Crippen molar-refractivity contribution >= 4 is 33.6 Å². The number of fused-ring (bicyclic) bond motifs is 1. The van der Waals surface area contributed by atoms with Gasteiger partial charge in [-0.1, -0.05) is 34.2 Å². The van der Waals surface area contributed by atoms with Crippen LogP contribution in [0.15, 0.2) is 22.8 Å². The number of aromatic nitrogens is 2. The SMILES string of the molecule is Clc1ncc2c(n1)CC(Br)=CC=C2. The second kappa shape index (κ2) is 3.60. The summed E-state index contributed by atoms with van der Waals surface area (Å²) in [4.78, 5) is 8.08. The lowest BCUT2D eigenvalue weighted by atomic mass is 10.2. The molecule has 0 amide bonds. The Hall–Kier alpha value is -0.670. The molecule has 0 atom stereocenters. The second-order valence-corrected chi connectivity index (χ2v) is 4.05. The van der Waals surface area contributed by atoms with E-state index in [2.05, 4.69) is 25.9 Å².